The van der Waals surface area contributed by atoms with Gasteiger partial charge in [-0.05, 0) is 41.9 Å². The Bertz CT molecular complexity index is 493. The van der Waals surface area contributed by atoms with Gasteiger partial charge in [-0.25, -0.2) is 4.39 Å². The Hall–Kier alpha value is -1.10. The molecular weight excluding hydrogens is 272 g/mol. The number of aliphatic hydroxyl groups excluding tert-OH is 1. The van der Waals surface area contributed by atoms with Crippen LogP contribution in [-0.4, -0.2) is 5.11 Å². The van der Waals surface area contributed by atoms with Crippen molar-refractivity contribution in [2.75, 3.05) is 0 Å². The molecule has 1 saturated carbocycles. The Morgan fingerprint density at radius 3 is 2.40 bits per heavy atom. The summed E-state index contributed by atoms with van der Waals surface area (Å²) in [6.45, 7) is 4.04. The molecule has 0 heterocycles. The fourth-order valence-corrected chi connectivity index (χ4v) is 3.12. The van der Waals surface area contributed by atoms with Crippen molar-refractivity contribution in [3.8, 4) is 0 Å². The molecule has 0 aliphatic heterocycles. The van der Waals surface area contributed by atoms with E-state index in [0.717, 1.165) is 25.3 Å². The van der Waals surface area contributed by atoms with Gasteiger partial charge in [-0.1, -0.05) is 26.3 Å². The molecule has 2 unspecified atom stereocenters. The predicted molar refractivity (Wildman–Crippen MR) is 67.5 cm³/mol. The lowest BCUT2D eigenvalue weighted by atomic mass is 9.77. The summed E-state index contributed by atoms with van der Waals surface area (Å²) in [5, 5.41) is 10.3. The van der Waals surface area contributed by atoms with Gasteiger partial charge in [-0.2, -0.15) is 13.2 Å². The zero-order chi connectivity index (χ0) is 15.1. The van der Waals surface area contributed by atoms with Crippen LogP contribution in [0.15, 0.2) is 18.2 Å². The highest BCUT2D eigenvalue weighted by molar-refractivity contribution is 5.28. The summed E-state index contributed by atoms with van der Waals surface area (Å²) in [6, 6.07) is 2.68. The summed E-state index contributed by atoms with van der Waals surface area (Å²) in [5.41, 5.74) is -1.16. The maximum Gasteiger partial charge on any atom is 0.419 e. The van der Waals surface area contributed by atoms with Crippen LogP contribution in [-0.2, 0) is 6.18 Å². The quantitative estimate of drug-likeness (QED) is 0.782. The maximum absolute atomic E-state index is 13.6. The van der Waals surface area contributed by atoms with Crippen molar-refractivity contribution >= 4 is 0 Å². The molecule has 0 amide bonds. The molecule has 1 aliphatic carbocycles. The number of aliphatic hydroxyl groups is 1. The SMILES string of the molecule is CC1(C)CCCC1C(O)c1ccc(C(F)(F)F)c(F)c1. The normalized spacial score (nSPS) is 23.9. The van der Waals surface area contributed by atoms with Crippen molar-refractivity contribution < 1.29 is 22.7 Å². The van der Waals surface area contributed by atoms with Gasteiger partial charge in [-0.3, -0.25) is 0 Å². The van der Waals surface area contributed by atoms with Crippen molar-refractivity contribution in [2.45, 2.75) is 45.4 Å². The van der Waals surface area contributed by atoms with Crippen LogP contribution in [0.2, 0.25) is 0 Å². The molecule has 5 heteroatoms. The van der Waals surface area contributed by atoms with Crippen molar-refractivity contribution in [1.29, 1.82) is 0 Å². The highest BCUT2D eigenvalue weighted by Crippen LogP contribution is 2.48. The van der Waals surface area contributed by atoms with Crippen LogP contribution in [0, 0.1) is 17.2 Å². The molecular formula is C15H18F4O. The fraction of sp³-hybridized carbons (Fsp3) is 0.600. The van der Waals surface area contributed by atoms with Gasteiger partial charge in [0.25, 0.3) is 0 Å². The monoisotopic (exact) mass is 290 g/mol. The van der Waals surface area contributed by atoms with Crippen LogP contribution in [0.3, 0.4) is 0 Å². The summed E-state index contributed by atoms with van der Waals surface area (Å²) in [6.07, 6.45) is -2.91. The molecule has 0 spiro atoms. The van der Waals surface area contributed by atoms with Crippen LogP contribution in [0.1, 0.15) is 50.3 Å². The van der Waals surface area contributed by atoms with Gasteiger partial charge < -0.3 is 5.11 Å². The Morgan fingerprint density at radius 2 is 1.95 bits per heavy atom. The van der Waals surface area contributed by atoms with Gasteiger partial charge in [0.2, 0.25) is 0 Å². The van der Waals surface area contributed by atoms with Crippen LogP contribution in [0.25, 0.3) is 0 Å². The predicted octanol–water partition coefficient (Wildman–Crippen LogP) is 4.70. The largest absolute Gasteiger partial charge is 0.419 e. The lowest BCUT2D eigenvalue weighted by Gasteiger charge is -2.31. The van der Waals surface area contributed by atoms with E-state index in [1.54, 1.807) is 0 Å². The Kier molecular flexibility index (Phi) is 3.84. The smallest absolute Gasteiger partial charge is 0.388 e. The number of rotatable bonds is 2. The van der Waals surface area contributed by atoms with Gasteiger partial charge in [0.15, 0.2) is 0 Å². The molecule has 2 atom stereocenters. The summed E-state index contributed by atoms with van der Waals surface area (Å²) >= 11 is 0. The summed E-state index contributed by atoms with van der Waals surface area (Å²) < 4.78 is 51.1. The van der Waals surface area contributed by atoms with E-state index in [9.17, 15) is 22.7 Å². The van der Waals surface area contributed by atoms with E-state index in [1.807, 2.05) is 13.8 Å². The van der Waals surface area contributed by atoms with Crippen LogP contribution in [0.4, 0.5) is 17.6 Å². The van der Waals surface area contributed by atoms with Crippen molar-refractivity contribution in [3.05, 3.63) is 35.1 Å². The molecule has 1 N–H and O–H groups in total. The molecule has 112 valence electrons. The van der Waals surface area contributed by atoms with E-state index < -0.39 is 23.7 Å². The first-order valence-electron chi connectivity index (χ1n) is 6.67. The Balaban J connectivity index is 2.28. The first-order valence-corrected chi connectivity index (χ1v) is 6.67. The third-order valence-corrected chi connectivity index (χ3v) is 4.36. The minimum atomic E-state index is -4.71. The topological polar surface area (TPSA) is 20.2 Å². The van der Waals surface area contributed by atoms with Gasteiger partial charge in [0.05, 0.1) is 11.7 Å². The zero-order valence-corrected chi connectivity index (χ0v) is 11.5. The Labute approximate surface area is 115 Å². The van der Waals surface area contributed by atoms with E-state index in [4.69, 9.17) is 0 Å². The average molecular weight is 290 g/mol. The molecule has 1 fully saturated rings. The van der Waals surface area contributed by atoms with Gasteiger partial charge in [0, 0.05) is 0 Å². The molecule has 20 heavy (non-hydrogen) atoms. The number of alkyl halides is 3. The molecule has 1 aliphatic rings. The maximum atomic E-state index is 13.6. The summed E-state index contributed by atoms with van der Waals surface area (Å²) in [7, 11) is 0. The van der Waals surface area contributed by atoms with Gasteiger partial charge >= 0.3 is 6.18 Å². The highest BCUT2D eigenvalue weighted by atomic mass is 19.4. The fourth-order valence-electron chi connectivity index (χ4n) is 3.12. The number of benzene rings is 1. The zero-order valence-electron chi connectivity index (χ0n) is 11.5. The average Bonchev–Trinajstić information content (AvgIpc) is 2.66. The van der Waals surface area contributed by atoms with Crippen molar-refractivity contribution in [2.24, 2.45) is 11.3 Å². The second-order valence-electron chi connectivity index (χ2n) is 6.17. The summed E-state index contributed by atoms with van der Waals surface area (Å²) in [5.74, 6) is -1.39. The molecule has 1 aromatic rings. The van der Waals surface area contributed by atoms with Crippen molar-refractivity contribution in [1.82, 2.24) is 0 Å². The van der Waals surface area contributed by atoms with E-state index in [2.05, 4.69) is 0 Å². The Morgan fingerprint density at radius 1 is 1.30 bits per heavy atom. The van der Waals surface area contributed by atoms with E-state index in [1.165, 1.54) is 6.07 Å². The van der Waals surface area contributed by atoms with Crippen LogP contribution in [0.5, 0.6) is 0 Å². The van der Waals surface area contributed by atoms with Gasteiger partial charge in [-0.15, -0.1) is 0 Å². The molecule has 1 nitrogen and oxygen atoms in total. The standard InChI is InChI=1S/C15H18F4O/c1-14(2)7-3-4-11(14)13(20)9-5-6-10(12(16)8-9)15(17,18)19/h5-6,8,11,13,20H,3-4,7H2,1-2H3. The second-order valence-corrected chi connectivity index (χ2v) is 6.17. The number of hydrogen-bond acceptors (Lipinski definition) is 1. The lowest BCUT2D eigenvalue weighted by Crippen LogP contribution is -2.24. The highest BCUT2D eigenvalue weighted by Gasteiger charge is 2.40. The third-order valence-electron chi connectivity index (χ3n) is 4.36. The van der Waals surface area contributed by atoms with Crippen molar-refractivity contribution in [3.63, 3.8) is 0 Å². The minimum Gasteiger partial charge on any atom is -0.388 e. The molecule has 2 rings (SSSR count). The van der Waals surface area contributed by atoms with Crippen LogP contribution < -0.4 is 0 Å². The summed E-state index contributed by atoms with van der Waals surface area (Å²) in [4.78, 5) is 0. The van der Waals surface area contributed by atoms with Crippen LogP contribution >= 0.6 is 0 Å². The van der Waals surface area contributed by atoms with Gasteiger partial charge in [0.1, 0.15) is 5.82 Å². The van der Waals surface area contributed by atoms with E-state index >= 15 is 0 Å². The minimum absolute atomic E-state index is 0.0568. The molecule has 0 bridgehead atoms. The number of halogens is 4. The first-order chi connectivity index (χ1) is 9.13. The number of hydrogen-bond donors (Lipinski definition) is 1. The molecule has 0 radical (unpaired) electrons. The molecule has 0 saturated heterocycles. The molecule has 0 aromatic heterocycles. The lowest BCUT2D eigenvalue weighted by molar-refractivity contribution is -0.140. The third kappa shape index (κ3) is 2.82. The second kappa shape index (κ2) is 5.02. The first kappa shape index (κ1) is 15.3. The van der Waals surface area contributed by atoms with E-state index in [0.29, 0.717) is 6.07 Å². The van der Waals surface area contributed by atoms with E-state index in [-0.39, 0.29) is 16.9 Å². The molecule has 1 aromatic carbocycles.